The lowest BCUT2D eigenvalue weighted by Crippen LogP contribution is -2.46. The Morgan fingerprint density at radius 1 is 1.10 bits per heavy atom. The molecule has 31 heavy (non-hydrogen) atoms. The fourth-order valence-corrected chi connectivity index (χ4v) is 3.68. The molecular weight excluding hydrogens is 505 g/mol. The molecule has 168 valence electrons. The van der Waals surface area contributed by atoms with Gasteiger partial charge in [0.15, 0.2) is 5.96 Å². The third-order valence-electron chi connectivity index (χ3n) is 5.25. The van der Waals surface area contributed by atoms with Crippen LogP contribution in [0.3, 0.4) is 0 Å². The Morgan fingerprint density at radius 3 is 2.45 bits per heavy atom. The predicted molar refractivity (Wildman–Crippen MR) is 135 cm³/mol. The van der Waals surface area contributed by atoms with Crippen LogP contribution in [-0.2, 0) is 9.53 Å². The molecule has 0 spiro atoms. The molecule has 1 aliphatic heterocycles. The monoisotopic (exact) mass is 537 g/mol. The van der Waals surface area contributed by atoms with Crippen LogP contribution < -0.4 is 10.1 Å². The molecule has 2 aromatic rings. The van der Waals surface area contributed by atoms with Crippen LogP contribution in [-0.4, -0.2) is 56.7 Å². The number of piperidine rings is 1. The standard InChI is InChI=1S/C24H31N3O3.HI/c1-3-25-24(27-16-13-20(14-17-27)23(28)29-2)26-15-18-30-22-12-8-7-11-21(22)19-9-5-4-6-10-19;/h4-12,20H,3,13-18H2,1-2H3,(H,25,26);1H. The average molecular weight is 537 g/mol. The minimum Gasteiger partial charge on any atom is -0.491 e. The van der Waals surface area contributed by atoms with Gasteiger partial charge in [-0.15, -0.1) is 24.0 Å². The van der Waals surface area contributed by atoms with E-state index in [9.17, 15) is 4.79 Å². The van der Waals surface area contributed by atoms with Crippen LogP contribution in [0, 0.1) is 5.92 Å². The lowest BCUT2D eigenvalue weighted by molar-refractivity contribution is -0.146. The van der Waals surface area contributed by atoms with Crippen molar-refractivity contribution in [2.24, 2.45) is 10.9 Å². The zero-order chi connectivity index (χ0) is 21.2. The molecule has 0 unspecified atom stereocenters. The third-order valence-corrected chi connectivity index (χ3v) is 5.25. The highest BCUT2D eigenvalue weighted by Gasteiger charge is 2.26. The smallest absolute Gasteiger partial charge is 0.308 e. The van der Waals surface area contributed by atoms with Crippen LogP contribution in [0.25, 0.3) is 11.1 Å². The zero-order valence-corrected chi connectivity index (χ0v) is 20.6. The summed E-state index contributed by atoms with van der Waals surface area (Å²) in [5, 5.41) is 3.35. The van der Waals surface area contributed by atoms with Gasteiger partial charge in [-0.3, -0.25) is 4.79 Å². The highest BCUT2D eigenvalue weighted by Crippen LogP contribution is 2.29. The molecule has 6 nitrogen and oxygen atoms in total. The maximum atomic E-state index is 11.7. The maximum Gasteiger partial charge on any atom is 0.308 e. The lowest BCUT2D eigenvalue weighted by Gasteiger charge is -2.33. The van der Waals surface area contributed by atoms with E-state index in [4.69, 9.17) is 14.5 Å². The number of carbonyl (C=O) groups is 1. The molecule has 0 radical (unpaired) electrons. The Balaban J connectivity index is 0.00000341. The number of nitrogens with one attached hydrogen (secondary N) is 1. The number of likely N-dealkylation sites (tertiary alicyclic amines) is 1. The number of halogens is 1. The van der Waals surface area contributed by atoms with Gasteiger partial charge in [0, 0.05) is 25.2 Å². The molecule has 0 bridgehead atoms. The van der Waals surface area contributed by atoms with Crippen LogP contribution >= 0.6 is 24.0 Å². The summed E-state index contributed by atoms with van der Waals surface area (Å²) in [7, 11) is 1.45. The highest BCUT2D eigenvalue weighted by atomic mass is 127. The number of benzene rings is 2. The van der Waals surface area contributed by atoms with Crippen molar-refractivity contribution in [1.29, 1.82) is 0 Å². The predicted octanol–water partition coefficient (Wildman–Crippen LogP) is 4.20. The first-order valence-electron chi connectivity index (χ1n) is 10.6. The number of esters is 1. The fourth-order valence-electron chi connectivity index (χ4n) is 3.68. The number of aliphatic imine (C=N–C) groups is 1. The summed E-state index contributed by atoms with van der Waals surface area (Å²) in [6.07, 6.45) is 1.58. The molecule has 0 aromatic heterocycles. The van der Waals surface area contributed by atoms with Crippen LogP contribution in [0.2, 0.25) is 0 Å². The number of guanidine groups is 1. The van der Waals surface area contributed by atoms with Crippen LogP contribution in [0.15, 0.2) is 59.6 Å². The van der Waals surface area contributed by atoms with Gasteiger partial charge in [0.1, 0.15) is 12.4 Å². The second-order valence-electron chi connectivity index (χ2n) is 7.23. The van der Waals surface area contributed by atoms with Gasteiger partial charge in [-0.1, -0.05) is 48.5 Å². The van der Waals surface area contributed by atoms with Crippen LogP contribution in [0.1, 0.15) is 19.8 Å². The van der Waals surface area contributed by atoms with E-state index in [0.29, 0.717) is 13.2 Å². The number of carbonyl (C=O) groups excluding carboxylic acids is 1. The minimum absolute atomic E-state index is 0. The first kappa shape index (κ1) is 25.0. The van der Waals surface area contributed by atoms with Crippen molar-refractivity contribution in [3.63, 3.8) is 0 Å². The van der Waals surface area contributed by atoms with Gasteiger partial charge in [0.25, 0.3) is 0 Å². The summed E-state index contributed by atoms with van der Waals surface area (Å²) in [6.45, 7) is 5.50. The van der Waals surface area contributed by atoms with Crippen molar-refractivity contribution in [3.05, 3.63) is 54.6 Å². The van der Waals surface area contributed by atoms with E-state index in [0.717, 1.165) is 55.3 Å². The summed E-state index contributed by atoms with van der Waals surface area (Å²) in [5.74, 6) is 1.62. The van der Waals surface area contributed by atoms with E-state index in [2.05, 4.69) is 35.3 Å². The molecule has 7 heteroatoms. The summed E-state index contributed by atoms with van der Waals surface area (Å²) >= 11 is 0. The first-order chi connectivity index (χ1) is 14.7. The SMILES string of the molecule is CCNC(=NCCOc1ccccc1-c1ccccc1)N1CCC(C(=O)OC)CC1.I. The highest BCUT2D eigenvalue weighted by molar-refractivity contribution is 14.0. The summed E-state index contributed by atoms with van der Waals surface area (Å²) in [6, 6.07) is 18.3. The van der Waals surface area contributed by atoms with Crippen LogP contribution in [0.5, 0.6) is 5.75 Å². The Kier molecular flexibility index (Phi) is 10.6. The van der Waals surface area contributed by atoms with E-state index in [1.807, 2.05) is 36.4 Å². The minimum atomic E-state index is -0.109. The van der Waals surface area contributed by atoms with E-state index in [1.165, 1.54) is 7.11 Å². The number of hydrogen-bond donors (Lipinski definition) is 1. The number of rotatable bonds is 7. The normalized spacial score (nSPS) is 14.5. The van der Waals surface area contributed by atoms with Crippen LogP contribution in [0.4, 0.5) is 0 Å². The second-order valence-corrected chi connectivity index (χ2v) is 7.23. The van der Waals surface area contributed by atoms with Gasteiger partial charge in [-0.25, -0.2) is 4.99 Å². The molecule has 0 saturated carbocycles. The van der Waals surface area contributed by atoms with Crippen molar-refractivity contribution in [1.82, 2.24) is 10.2 Å². The molecule has 0 amide bonds. The largest absolute Gasteiger partial charge is 0.491 e. The Morgan fingerprint density at radius 2 is 1.77 bits per heavy atom. The van der Waals surface area contributed by atoms with Gasteiger partial charge in [-0.2, -0.15) is 0 Å². The van der Waals surface area contributed by atoms with Gasteiger partial charge in [0.05, 0.1) is 19.6 Å². The van der Waals surface area contributed by atoms with Crippen molar-refractivity contribution < 1.29 is 14.3 Å². The Hall–Kier alpha value is -2.29. The summed E-state index contributed by atoms with van der Waals surface area (Å²) in [5.41, 5.74) is 2.22. The number of para-hydroxylation sites is 1. The van der Waals surface area contributed by atoms with Crippen molar-refractivity contribution in [2.75, 3.05) is 39.9 Å². The third kappa shape index (κ3) is 7.12. The number of nitrogens with zero attached hydrogens (tertiary/aromatic N) is 2. The summed E-state index contributed by atoms with van der Waals surface area (Å²) < 4.78 is 10.9. The lowest BCUT2D eigenvalue weighted by atomic mass is 9.97. The maximum absolute atomic E-state index is 11.7. The second kappa shape index (κ2) is 13.2. The molecule has 1 fully saturated rings. The van der Waals surface area contributed by atoms with Crippen molar-refractivity contribution in [2.45, 2.75) is 19.8 Å². The topological polar surface area (TPSA) is 63.2 Å². The van der Waals surface area contributed by atoms with Gasteiger partial charge < -0.3 is 19.7 Å². The van der Waals surface area contributed by atoms with E-state index < -0.39 is 0 Å². The van der Waals surface area contributed by atoms with Gasteiger partial charge in [-0.05, 0) is 31.4 Å². The molecule has 1 aliphatic rings. The quantitative estimate of drug-likeness (QED) is 0.189. The molecule has 1 heterocycles. The number of ether oxygens (including phenoxy) is 2. The summed E-state index contributed by atoms with van der Waals surface area (Å²) in [4.78, 5) is 18.7. The molecule has 3 rings (SSSR count). The van der Waals surface area contributed by atoms with Gasteiger partial charge in [0.2, 0.25) is 0 Å². The van der Waals surface area contributed by atoms with Gasteiger partial charge >= 0.3 is 5.97 Å². The molecular formula is C24H32IN3O3. The van der Waals surface area contributed by atoms with Crippen molar-refractivity contribution >= 4 is 35.9 Å². The van der Waals surface area contributed by atoms with E-state index in [1.54, 1.807) is 0 Å². The van der Waals surface area contributed by atoms with E-state index in [-0.39, 0.29) is 35.9 Å². The average Bonchev–Trinajstić information content (AvgIpc) is 2.81. The molecule has 1 N–H and O–H groups in total. The number of methoxy groups -OCH3 is 1. The Bertz CT molecular complexity index is 837. The van der Waals surface area contributed by atoms with Crippen molar-refractivity contribution in [3.8, 4) is 16.9 Å². The Labute approximate surface area is 202 Å². The zero-order valence-electron chi connectivity index (χ0n) is 18.3. The molecule has 2 aromatic carbocycles. The first-order valence-corrected chi connectivity index (χ1v) is 10.6. The number of hydrogen-bond acceptors (Lipinski definition) is 4. The van der Waals surface area contributed by atoms with E-state index >= 15 is 0 Å². The fraction of sp³-hybridized carbons (Fsp3) is 0.417. The molecule has 1 saturated heterocycles. The molecule has 0 atom stereocenters. The molecule has 0 aliphatic carbocycles.